The molecule has 1 saturated heterocycles. The number of nitriles is 1. The van der Waals surface area contributed by atoms with Crippen LogP contribution in [0.3, 0.4) is 0 Å². The minimum Gasteiger partial charge on any atom is -0.463 e. The molecular weight excluding hydrogens is 538 g/mol. The van der Waals surface area contributed by atoms with Crippen LogP contribution in [-0.4, -0.2) is 53.6 Å². The average Bonchev–Trinajstić information content (AvgIpc) is 3.41. The Bertz CT molecular complexity index is 1240. The summed E-state index contributed by atoms with van der Waals surface area (Å²) in [6.07, 6.45) is 10.6. The number of carbonyl (C=O) groups excluding carboxylic acids is 2. The highest BCUT2D eigenvalue weighted by atomic mass is 28.4. The van der Waals surface area contributed by atoms with E-state index in [-0.39, 0.29) is 24.4 Å². The second kappa shape index (κ2) is 13.4. The molecule has 41 heavy (non-hydrogen) atoms. The predicted octanol–water partition coefficient (Wildman–Crippen LogP) is 5.55. The minimum atomic E-state index is -2.14. The maximum absolute atomic E-state index is 12.8. The Morgan fingerprint density at radius 1 is 1.20 bits per heavy atom. The van der Waals surface area contributed by atoms with Gasteiger partial charge in [0.1, 0.15) is 30.6 Å². The van der Waals surface area contributed by atoms with Crippen molar-refractivity contribution >= 4 is 31.5 Å². The zero-order valence-corrected chi connectivity index (χ0v) is 26.0. The first-order valence-corrected chi connectivity index (χ1v) is 18.4. The normalized spacial score (nSPS) is 23.8. The molecular formula is C30H44N5O5Si. The number of nitrogens with zero attached hydrogens (tertiary/aromatic N) is 4. The van der Waals surface area contributed by atoms with Gasteiger partial charge in [0.15, 0.2) is 14.1 Å². The van der Waals surface area contributed by atoms with Crippen molar-refractivity contribution in [3.05, 3.63) is 30.6 Å². The number of ether oxygens (including phenoxy) is 2. The van der Waals surface area contributed by atoms with Crippen LogP contribution in [0.2, 0.25) is 19.6 Å². The van der Waals surface area contributed by atoms with E-state index in [0.29, 0.717) is 29.4 Å². The average molecular weight is 583 g/mol. The summed E-state index contributed by atoms with van der Waals surface area (Å²) in [4.78, 5) is 29.8. The van der Waals surface area contributed by atoms with Crippen molar-refractivity contribution in [3.8, 4) is 6.07 Å². The lowest BCUT2D eigenvalue weighted by Gasteiger charge is -2.31. The lowest BCUT2D eigenvalue weighted by atomic mass is 9.94. The van der Waals surface area contributed by atoms with Gasteiger partial charge in [0, 0.05) is 18.8 Å². The SMILES string of the molecule is CCC(CC)C(=O)Nc1ncnn2c([C@]3(C#N)O[C@@H](COC(=O)CC4CCCCCC4)[CH][C@H]3O[Si](C)(C)C)ccc12. The van der Waals surface area contributed by atoms with Gasteiger partial charge < -0.3 is 19.2 Å². The third-order valence-corrected chi connectivity index (χ3v) is 9.00. The van der Waals surface area contributed by atoms with E-state index < -0.39 is 26.1 Å². The standard InChI is InChI=1S/C30H44N5O5Si/c1-6-22(7-2)29(37)34-28-24-14-15-25(35(24)33-20-32-28)30(19-31)26(40-41(3,4)5)17-23(39-30)18-38-27(36)16-21-12-10-8-9-11-13-21/h14-15,17,20-23,26H,6-13,16,18H2,1-5H3,(H,32,33,34,37)/t23-,26-,30+/m1/s1. The number of rotatable bonds is 11. The van der Waals surface area contributed by atoms with Crippen LogP contribution < -0.4 is 5.32 Å². The van der Waals surface area contributed by atoms with Gasteiger partial charge in [0.05, 0.1) is 11.8 Å². The van der Waals surface area contributed by atoms with Gasteiger partial charge in [0.2, 0.25) is 11.5 Å². The van der Waals surface area contributed by atoms with Crippen LogP contribution in [0.5, 0.6) is 0 Å². The molecule has 1 amide bonds. The molecule has 0 aromatic carbocycles. The van der Waals surface area contributed by atoms with Crippen molar-refractivity contribution in [2.24, 2.45) is 11.8 Å². The Balaban J connectivity index is 1.56. The Morgan fingerprint density at radius 2 is 1.90 bits per heavy atom. The molecule has 0 bridgehead atoms. The van der Waals surface area contributed by atoms with Crippen LogP contribution in [0.25, 0.3) is 5.52 Å². The number of esters is 1. The number of fused-ring (bicyclic) bond motifs is 1. The number of anilines is 1. The van der Waals surface area contributed by atoms with E-state index in [1.807, 2.05) is 39.9 Å². The second-order valence-electron chi connectivity index (χ2n) is 12.2. The second-order valence-corrected chi connectivity index (χ2v) is 16.7. The van der Waals surface area contributed by atoms with Crippen molar-refractivity contribution < 1.29 is 23.5 Å². The lowest BCUT2D eigenvalue weighted by molar-refractivity contribution is -0.150. The molecule has 2 aliphatic rings. The molecule has 0 spiro atoms. The van der Waals surface area contributed by atoms with Crippen LogP contribution in [-0.2, 0) is 29.1 Å². The summed E-state index contributed by atoms with van der Waals surface area (Å²) in [6, 6.07) is 5.89. The first-order chi connectivity index (χ1) is 19.6. The number of aromatic nitrogens is 3. The molecule has 10 nitrogen and oxygen atoms in total. The molecule has 3 heterocycles. The molecule has 1 N–H and O–H groups in total. The fourth-order valence-electron chi connectivity index (χ4n) is 5.85. The summed E-state index contributed by atoms with van der Waals surface area (Å²) in [5.74, 6) is 0.267. The first-order valence-electron chi connectivity index (χ1n) is 15.0. The van der Waals surface area contributed by atoms with Gasteiger partial charge >= 0.3 is 5.97 Å². The molecule has 1 aliphatic heterocycles. The van der Waals surface area contributed by atoms with Crippen LogP contribution >= 0.6 is 0 Å². The summed E-state index contributed by atoms with van der Waals surface area (Å²) in [5.41, 5.74) is -0.525. The van der Waals surface area contributed by atoms with Gasteiger partial charge in [0.25, 0.3) is 0 Å². The molecule has 4 rings (SSSR count). The quantitative estimate of drug-likeness (QED) is 0.208. The van der Waals surface area contributed by atoms with Crippen molar-refractivity contribution in [3.63, 3.8) is 0 Å². The number of hydrogen-bond acceptors (Lipinski definition) is 8. The van der Waals surface area contributed by atoms with E-state index in [0.717, 1.165) is 38.5 Å². The lowest BCUT2D eigenvalue weighted by Crippen LogP contribution is -2.44. The monoisotopic (exact) mass is 582 g/mol. The highest BCUT2D eigenvalue weighted by molar-refractivity contribution is 6.69. The smallest absolute Gasteiger partial charge is 0.306 e. The maximum Gasteiger partial charge on any atom is 0.306 e. The molecule has 2 aromatic heterocycles. The van der Waals surface area contributed by atoms with Crippen LogP contribution in [0.15, 0.2) is 18.5 Å². The first kappa shape index (κ1) is 31.1. The molecule has 0 unspecified atom stereocenters. The molecule has 2 aromatic rings. The van der Waals surface area contributed by atoms with Gasteiger partial charge in [-0.3, -0.25) is 9.59 Å². The Morgan fingerprint density at radius 3 is 2.54 bits per heavy atom. The zero-order chi connectivity index (χ0) is 29.6. The van der Waals surface area contributed by atoms with Crippen molar-refractivity contribution in [1.29, 1.82) is 5.26 Å². The van der Waals surface area contributed by atoms with E-state index in [1.165, 1.54) is 19.2 Å². The van der Waals surface area contributed by atoms with Crippen LogP contribution in [0.4, 0.5) is 5.82 Å². The Hall–Kier alpha value is -2.81. The van der Waals surface area contributed by atoms with Gasteiger partial charge in [-0.1, -0.05) is 39.5 Å². The Labute approximate surface area is 244 Å². The molecule has 1 radical (unpaired) electrons. The Kier molecular flexibility index (Phi) is 10.2. The van der Waals surface area contributed by atoms with Gasteiger partial charge in [-0.2, -0.15) is 10.4 Å². The summed E-state index contributed by atoms with van der Waals surface area (Å²) >= 11 is 0. The van der Waals surface area contributed by atoms with Gasteiger partial charge in [-0.25, -0.2) is 9.50 Å². The number of nitrogens with one attached hydrogen (secondary N) is 1. The summed E-state index contributed by atoms with van der Waals surface area (Å²) < 4.78 is 20.1. The van der Waals surface area contributed by atoms with Crippen molar-refractivity contribution in [2.45, 2.75) is 109 Å². The summed E-state index contributed by atoms with van der Waals surface area (Å²) in [6.45, 7) is 10.1. The molecule has 1 saturated carbocycles. The minimum absolute atomic E-state index is 0.00949. The van der Waals surface area contributed by atoms with Crippen molar-refractivity contribution in [2.75, 3.05) is 11.9 Å². The van der Waals surface area contributed by atoms with Crippen LogP contribution in [0, 0.1) is 29.6 Å². The fourth-order valence-corrected chi connectivity index (χ4v) is 6.86. The molecule has 223 valence electrons. The largest absolute Gasteiger partial charge is 0.463 e. The number of carbonyl (C=O) groups is 2. The highest BCUT2D eigenvalue weighted by Gasteiger charge is 2.55. The molecule has 1 aliphatic carbocycles. The highest BCUT2D eigenvalue weighted by Crippen LogP contribution is 2.43. The van der Waals surface area contributed by atoms with E-state index in [1.54, 1.807) is 16.6 Å². The van der Waals surface area contributed by atoms with E-state index in [2.05, 4.69) is 21.5 Å². The maximum atomic E-state index is 12.8. The molecule has 11 heteroatoms. The summed E-state index contributed by atoms with van der Waals surface area (Å²) in [5, 5.41) is 18.0. The number of hydrogen-bond donors (Lipinski definition) is 1. The fraction of sp³-hybridized carbons (Fsp3) is 0.667. The van der Waals surface area contributed by atoms with E-state index >= 15 is 0 Å². The molecule has 3 atom stereocenters. The van der Waals surface area contributed by atoms with Gasteiger partial charge in [-0.15, -0.1) is 0 Å². The van der Waals surface area contributed by atoms with Crippen molar-refractivity contribution in [1.82, 2.24) is 14.6 Å². The number of amides is 1. The predicted molar refractivity (Wildman–Crippen MR) is 157 cm³/mol. The van der Waals surface area contributed by atoms with Gasteiger partial charge in [-0.05, 0) is 63.4 Å². The third kappa shape index (κ3) is 7.34. The molecule has 2 fully saturated rings. The van der Waals surface area contributed by atoms with Crippen LogP contribution in [0.1, 0.15) is 77.3 Å². The zero-order valence-electron chi connectivity index (χ0n) is 25.0. The summed E-state index contributed by atoms with van der Waals surface area (Å²) in [7, 11) is -2.14. The topological polar surface area (TPSA) is 128 Å². The van der Waals surface area contributed by atoms with E-state index in [9.17, 15) is 14.9 Å². The third-order valence-electron chi connectivity index (χ3n) is 8.04. The van der Waals surface area contributed by atoms with E-state index in [4.69, 9.17) is 13.9 Å².